The van der Waals surface area contributed by atoms with Crippen LogP contribution in [0.5, 0.6) is 0 Å². The van der Waals surface area contributed by atoms with Gasteiger partial charge in [-0.15, -0.1) is 11.6 Å². The normalized spacial score (nSPS) is 22.9. The fraction of sp³-hybridized carbons (Fsp3) is 0.909. The smallest absolute Gasteiger partial charge is 0.225 e. The summed E-state index contributed by atoms with van der Waals surface area (Å²) in [6.45, 7) is 4.86. The molecule has 1 unspecified atom stereocenters. The van der Waals surface area contributed by atoms with E-state index < -0.39 is 0 Å². The van der Waals surface area contributed by atoms with Crippen molar-refractivity contribution in [2.45, 2.75) is 45.6 Å². The van der Waals surface area contributed by atoms with Crippen LogP contribution < -0.4 is 0 Å². The highest BCUT2D eigenvalue weighted by Crippen LogP contribution is 2.21. The molecule has 1 amide bonds. The third-order valence-electron chi connectivity index (χ3n) is 2.85. The largest absolute Gasteiger partial charge is 0.339 e. The van der Waals surface area contributed by atoms with Gasteiger partial charge in [0.15, 0.2) is 0 Å². The first kappa shape index (κ1) is 11.8. The first-order valence-electron chi connectivity index (χ1n) is 5.53. The lowest BCUT2D eigenvalue weighted by Gasteiger charge is -2.36. The van der Waals surface area contributed by atoms with E-state index in [-0.39, 0.29) is 5.92 Å². The molecular weight excluding hydrogens is 198 g/mol. The highest BCUT2D eigenvalue weighted by molar-refractivity contribution is 6.17. The van der Waals surface area contributed by atoms with Crippen LogP contribution in [0, 0.1) is 5.92 Å². The Morgan fingerprint density at radius 1 is 1.50 bits per heavy atom. The summed E-state index contributed by atoms with van der Waals surface area (Å²) in [7, 11) is 0. The third-order valence-corrected chi connectivity index (χ3v) is 3.06. The molecule has 1 rings (SSSR count). The average molecular weight is 218 g/mol. The fourth-order valence-electron chi connectivity index (χ4n) is 2.05. The van der Waals surface area contributed by atoms with Gasteiger partial charge in [0.25, 0.3) is 0 Å². The summed E-state index contributed by atoms with van der Waals surface area (Å²) in [6, 6.07) is 0.399. The van der Waals surface area contributed by atoms with E-state index in [1.54, 1.807) is 0 Å². The second kappa shape index (κ2) is 5.59. The number of carbonyl (C=O) groups excluding carboxylic acids is 1. The van der Waals surface area contributed by atoms with E-state index in [2.05, 4.69) is 0 Å². The van der Waals surface area contributed by atoms with Crippen LogP contribution in [0.3, 0.4) is 0 Å². The van der Waals surface area contributed by atoms with Crippen LogP contribution in [0.2, 0.25) is 0 Å². The number of hydrogen-bond acceptors (Lipinski definition) is 1. The zero-order valence-corrected chi connectivity index (χ0v) is 9.89. The van der Waals surface area contributed by atoms with E-state index in [0.29, 0.717) is 17.8 Å². The molecule has 1 fully saturated rings. The SMILES string of the molecule is CC(C)C(=O)N1CCCCC1CCCl. The highest BCUT2D eigenvalue weighted by Gasteiger charge is 2.27. The Hall–Kier alpha value is -0.240. The predicted octanol–water partition coefficient (Wildman–Crippen LogP) is 2.65. The molecule has 2 nitrogen and oxygen atoms in total. The number of amides is 1. The Morgan fingerprint density at radius 3 is 2.79 bits per heavy atom. The second-order valence-corrected chi connectivity index (χ2v) is 4.69. The predicted molar refractivity (Wildman–Crippen MR) is 59.5 cm³/mol. The van der Waals surface area contributed by atoms with Crippen molar-refractivity contribution in [3.8, 4) is 0 Å². The summed E-state index contributed by atoms with van der Waals surface area (Å²) >= 11 is 5.75. The quantitative estimate of drug-likeness (QED) is 0.666. The molecule has 0 aromatic heterocycles. The molecule has 0 bridgehead atoms. The lowest BCUT2D eigenvalue weighted by atomic mass is 9.98. The van der Waals surface area contributed by atoms with Gasteiger partial charge >= 0.3 is 0 Å². The molecule has 1 aliphatic heterocycles. The topological polar surface area (TPSA) is 20.3 Å². The van der Waals surface area contributed by atoms with Crippen molar-refractivity contribution >= 4 is 17.5 Å². The van der Waals surface area contributed by atoms with Crippen molar-refractivity contribution in [3.05, 3.63) is 0 Å². The van der Waals surface area contributed by atoms with Crippen molar-refractivity contribution in [2.75, 3.05) is 12.4 Å². The molecule has 1 atom stereocenters. The van der Waals surface area contributed by atoms with Crippen molar-refractivity contribution in [3.63, 3.8) is 0 Å². The number of alkyl halides is 1. The van der Waals surface area contributed by atoms with Gasteiger partial charge in [-0.25, -0.2) is 0 Å². The zero-order valence-electron chi connectivity index (χ0n) is 9.13. The minimum atomic E-state index is 0.117. The molecule has 0 saturated carbocycles. The van der Waals surface area contributed by atoms with E-state index in [1.807, 2.05) is 18.7 Å². The highest BCUT2D eigenvalue weighted by atomic mass is 35.5. The summed E-state index contributed by atoms with van der Waals surface area (Å²) in [6.07, 6.45) is 4.46. The fourth-order valence-corrected chi connectivity index (χ4v) is 2.30. The molecule has 0 spiro atoms. The van der Waals surface area contributed by atoms with Gasteiger partial charge < -0.3 is 4.90 Å². The number of carbonyl (C=O) groups is 1. The third kappa shape index (κ3) is 2.88. The van der Waals surface area contributed by atoms with Gasteiger partial charge in [0.2, 0.25) is 5.91 Å². The minimum absolute atomic E-state index is 0.117. The number of hydrogen-bond donors (Lipinski definition) is 0. The Kier molecular flexibility index (Phi) is 4.73. The lowest BCUT2D eigenvalue weighted by Crippen LogP contribution is -2.45. The maximum atomic E-state index is 11.9. The van der Waals surface area contributed by atoms with Crippen LogP contribution in [-0.4, -0.2) is 29.3 Å². The summed E-state index contributed by atoms with van der Waals surface area (Å²) in [4.78, 5) is 13.9. The minimum Gasteiger partial charge on any atom is -0.339 e. The first-order valence-corrected chi connectivity index (χ1v) is 6.06. The molecule has 1 aliphatic rings. The van der Waals surface area contributed by atoms with E-state index >= 15 is 0 Å². The monoisotopic (exact) mass is 217 g/mol. The molecule has 0 aromatic rings. The second-order valence-electron chi connectivity index (χ2n) is 4.31. The van der Waals surface area contributed by atoms with Crippen molar-refractivity contribution in [1.29, 1.82) is 0 Å². The van der Waals surface area contributed by atoms with Crippen LogP contribution in [0.4, 0.5) is 0 Å². The van der Waals surface area contributed by atoms with Gasteiger partial charge in [-0.3, -0.25) is 4.79 Å². The molecule has 0 aliphatic carbocycles. The molecule has 0 radical (unpaired) electrons. The lowest BCUT2D eigenvalue weighted by molar-refractivity contribution is -0.138. The van der Waals surface area contributed by atoms with Gasteiger partial charge in [0.05, 0.1) is 0 Å². The Morgan fingerprint density at radius 2 is 2.21 bits per heavy atom. The molecule has 1 saturated heterocycles. The summed E-state index contributed by atoms with van der Waals surface area (Å²) in [5.41, 5.74) is 0. The number of rotatable bonds is 3. The first-order chi connectivity index (χ1) is 6.66. The van der Waals surface area contributed by atoms with Crippen molar-refractivity contribution < 1.29 is 4.79 Å². The number of halogens is 1. The van der Waals surface area contributed by atoms with Gasteiger partial charge in [-0.2, -0.15) is 0 Å². The van der Waals surface area contributed by atoms with Crippen molar-refractivity contribution in [1.82, 2.24) is 4.90 Å². The maximum Gasteiger partial charge on any atom is 0.225 e. The number of likely N-dealkylation sites (tertiary alicyclic amines) is 1. The molecule has 1 heterocycles. The number of nitrogens with zero attached hydrogens (tertiary/aromatic N) is 1. The van der Waals surface area contributed by atoms with Gasteiger partial charge in [0.1, 0.15) is 0 Å². The molecule has 0 N–H and O–H groups in total. The molecule has 0 aromatic carbocycles. The molecule has 14 heavy (non-hydrogen) atoms. The van der Waals surface area contributed by atoms with Crippen LogP contribution in [-0.2, 0) is 4.79 Å². The summed E-state index contributed by atoms with van der Waals surface area (Å²) < 4.78 is 0. The van der Waals surface area contributed by atoms with Crippen LogP contribution >= 0.6 is 11.6 Å². The maximum absolute atomic E-state index is 11.9. The molecular formula is C11H20ClNO. The summed E-state index contributed by atoms with van der Waals surface area (Å²) in [5.74, 6) is 1.07. The standard InChI is InChI=1S/C11H20ClNO/c1-9(2)11(14)13-8-4-3-5-10(13)6-7-12/h9-10H,3-8H2,1-2H3. The van der Waals surface area contributed by atoms with Crippen LogP contribution in [0.1, 0.15) is 39.5 Å². The average Bonchev–Trinajstić information content (AvgIpc) is 2.18. The van der Waals surface area contributed by atoms with E-state index in [1.165, 1.54) is 6.42 Å². The van der Waals surface area contributed by atoms with E-state index in [9.17, 15) is 4.79 Å². The number of piperidine rings is 1. The van der Waals surface area contributed by atoms with Gasteiger partial charge in [-0.05, 0) is 25.7 Å². The Balaban J connectivity index is 2.57. The van der Waals surface area contributed by atoms with E-state index in [0.717, 1.165) is 25.8 Å². The molecule has 82 valence electrons. The summed E-state index contributed by atoms with van der Waals surface area (Å²) in [5, 5.41) is 0. The Bertz CT molecular complexity index is 192. The van der Waals surface area contributed by atoms with Gasteiger partial charge in [-0.1, -0.05) is 13.8 Å². The Labute approximate surface area is 91.6 Å². The van der Waals surface area contributed by atoms with Crippen molar-refractivity contribution in [2.24, 2.45) is 5.92 Å². The van der Waals surface area contributed by atoms with E-state index in [4.69, 9.17) is 11.6 Å². The van der Waals surface area contributed by atoms with Gasteiger partial charge in [0, 0.05) is 24.4 Å². The molecule has 3 heteroatoms. The zero-order chi connectivity index (χ0) is 10.6. The van der Waals surface area contributed by atoms with Crippen LogP contribution in [0.25, 0.3) is 0 Å². The van der Waals surface area contributed by atoms with Crippen LogP contribution in [0.15, 0.2) is 0 Å².